The van der Waals surface area contributed by atoms with Gasteiger partial charge in [0.15, 0.2) is 17.7 Å². The normalized spacial score (nSPS) is 11.2. The van der Waals surface area contributed by atoms with Crippen LogP contribution in [0.3, 0.4) is 0 Å². The number of fused-ring (bicyclic) bond motifs is 1. The number of benzene rings is 2. The average Bonchev–Trinajstić information content (AvgIpc) is 3.36. The van der Waals surface area contributed by atoms with Crippen molar-refractivity contribution in [3.05, 3.63) is 72.3 Å². The molecular formula is C26H28N5O9P. The predicted molar refractivity (Wildman–Crippen MR) is 145 cm³/mol. The molecule has 2 heterocycles. The molecule has 0 spiro atoms. The summed E-state index contributed by atoms with van der Waals surface area (Å²) in [5.74, 6) is -0.400. The van der Waals surface area contributed by atoms with Gasteiger partial charge in [0.2, 0.25) is 5.65 Å². The summed E-state index contributed by atoms with van der Waals surface area (Å²) >= 11 is 0. The van der Waals surface area contributed by atoms with Crippen LogP contribution in [0.1, 0.15) is 25.0 Å². The molecule has 4 aromatic rings. The molecule has 0 fully saturated rings. The number of carbonyl (C=O) groups excluding carboxylic acids is 2. The minimum Gasteiger partial charge on any atom is -0.461 e. The molecule has 4 rings (SSSR count). The first kappa shape index (κ1) is 29.3. The van der Waals surface area contributed by atoms with Gasteiger partial charge in [-0.25, -0.2) is 19.5 Å². The zero-order valence-corrected chi connectivity index (χ0v) is 23.2. The van der Waals surface area contributed by atoms with E-state index in [2.05, 4.69) is 15.0 Å². The minimum atomic E-state index is -4.07. The van der Waals surface area contributed by atoms with Gasteiger partial charge in [-0.1, -0.05) is 36.4 Å². The van der Waals surface area contributed by atoms with Gasteiger partial charge < -0.3 is 33.8 Å². The van der Waals surface area contributed by atoms with Crippen LogP contribution in [-0.2, 0) is 41.6 Å². The summed E-state index contributed by atoms with van der Waals surface area (Å²) in [6.07, 6.45) is 2.21. The summed E-state index contributed by atoms with van der Waals surface area (Å²) in [6.45, 7) is 2.37. The van der Waals surface area contributed by atoms with E-state index in [0.717, 1.165) is 0 Å². The van der Waals surface area contributed by atoms with Crippen molar-refractivity contribution in [2.45, 2.75) is 27.1 Å². The number of aromatic nitrogens is 4. The van der Waals surface area contributed by atoms with Crippen LogP contribution in [-0.4, -0.2) is 51.2 Å². The largest absolute Gasteiger partial charge is 0.461 e. The maximum absolute atomic E-state index is 14.1. The fourth-order valence-corrected chi connectivity index (χ4v) is 4.90. The molecule has 216 valence electrons. The monoisotopic (exact) mass is 585 g/mol. The van der Waals surface area contributed by atoms with E-state index in [0.29, 0.717) is 22.3 Å². The first-order chi connectivity index (χ1) is 19.7. The van der Waals surface area contributed by atoms with Crippen molar-refractivity contribution in [1.29, 1.82) is 0 Å². The standard InChI is InChI=1S/C26H28N5O9P/c1-18(32)36-13-20-7-3-5-9-22(20)39-41(34,40-23-10-6-4-8-21(23)14-37-19(2)33)17-35-11-12-38-31-16-30-24-25(27)28-15-29-26(24)31/h3-10,15-16H,11-14,17H2,1-2H3,(H2,27,28,29). The molecule has 41 heavy (non-hydrogen) atoms. The molecular weight excluding hydrogens is 557 g/mol. The van der Waals surface area contributed by atoms with Crippen molar-refractivity contribution < 1.29 is 42.2 Å². The van der Waals surface area contributed by atoms with Crippen LogP contribution >= 0.6 is 7.60 Å². The number of rotatable bonds is 14. The zero-order valence-electron chi connectivity index (χ0n) is 22.3. The number of para-hydroxylation sites is 2. The predicted octanol–water partition coefficient (Wildman–Crippen LogP) is 3.29. The molecule has 0 saturated carbocycles. The Morgan fingerprint density at radius 1 is 0.854 bits per heavy atom. The van der Waals surface area contributed by atoms with Gasteiger partial charge in [-0.15, -0.1) is 0 Å². The summed E-state index contributed by atoms with van der Waals surface area (Å²) in [6, 6.07) is 13.3. The number of ether oxygens (including phenoxy) is 3. The third-order valence-electron chi connectivity index (χ3n) is 5.32. The lowest BCUT2D eigenvalue weighted by Crippen LogP contribution is -2.18. The number of hydrogen-bond acceptors (Lipinski definition) is 13. The van der Waals surface area contributed by atoms with E-state index in [1.54, 1.807) is 48.5 Å². The second-order valence-electron chi connectivity index (χ2n) is 8.44. The van der Waals surface area contributed by atoms with Gasteiger partial charge in [0.1, 0.15) is 44.0 Å². The number of imidazole rings is 1. The summed E-state index contributed by atoms with van der Waals surface area (Å²) in [4.78, 5) is 40.4. The number of nitrogens with zero attached hydrogens (tertiary/aromatic N) is 4. The van der Waals surface area contributed by atoms with Crippen molar-refractivity contribution in [1.82, 2.24) is 19.7 Å². The molecule has 2 N–H and O–H groups in total. The molecule has 2 aromatic carbocycles. The Kier molecular flexibility index (Phi) is 9.72. The van der Waals surface area contributed by atoms with E-state index < -0.39 is 25.9 Å². The molecule has 2 aromatic heterocycles. The summed E-state index contributed by atoms with van der Waals surface area (Å²) in [5.41, 5.74) is 7.50. The molecule has 14 nitrogen and oxygen atoms in total. The number of nitrogen functional groups attached to an aromatic ring is 1. The van der Waals surface area contributed by atoms with Crippen molar-refractivity contribution in [2.75, 3.05) is 25.3 Å². The summed E-state index contributed by atoms with van der Waals surface area (Å²) in [5, 5.41) is 0. The highest BCUT2D eigenvalue weighted by atomic mass is 31.2. The van der Waals surface area contributed by atoms with Crippen LogP contribution in [0.4, 0.5) is 5.82 Å². The lowest BCUT2D eigenvalue weighted by Gasteiger charge is -2.22. The molecule has 0 amide bonds. The number of anilines is 1. The Labute approximate surface area is 234 Å². The Balaban J connectivity index is 1.48. The first-order valence-corrected chi connectivity index (χ1v) is 14.0. The second-order valence-corrected chi connectivity index (χ2v) is 10.3. The molecule has 0 saturated heterocycles. The van der Waals surface area contributed by atoms with Gasteiger partial charge in [-0.3, -0.25) is 9.59 Å². The highest BCUT2D eigenvalue weighted by Gasteiger charge is 2.31. The third-order valence-corrected chi connectivity index (χ3v) is 6.77. The van der Waals surface area contributed by atoms with E-state index >= 15 is 0 Å². The molecule has 0 aliphatic heterocycles. The van der Waals surface area contributed by atoms with Crippen molar-refractivity contribution in [2.24, 2.45) is 0 Å². The Hall–Kier alpha value is -4.68. The lowest BCUT2D eigenvalue weighted by molar-refractivity contribution is -0.143. The number of esters is 2. The van der Waals surface area contributed by atoms with Crippen LogP contribution in [0.25, 0.3) is 11.2 Å². The van der Waals surface area contributed by atoms with Crippen molar-refractivity contribution >= 4 is 36.5 Å². The highest BCUT2D eigenvalue weighted by molar-refractivity contribution is 7.54. The van der Waals surface area contributed by atoms with Gasteiger partial charge in [0.25, 0.3) is 0 Å². The van der Waals surface area contributed by atoms with Crippen molar-refractivity contribution in [3.63, 3.8) is 0 Å². The Bertz CT molecular complexity index is 1490. The van der Waals surface area contributed by atoms with Crippen LogP contribution in [0, 0.1) is 0 Å². The topological polar surface area (TPSA) is 176 Å². The fraction of sp³-hybridized carbons (Fsp3) is 0.269. The quantitative estimate of drug-likeness (QED) is 0.130. The fourth-order valence-electron chi connectivity index (χ4n) is 3.45. The molecule has 0 aliphatic rings. The van der Waals surface area contributed by atoms with E-state index in [1.165, 1.54) is 31.2 Å². The molecule has 0 aliphatic carbocycles. The van der Waals surface area contributed by atoms with Gasteiger partial charge >= 0.3 is 19.5 Å². The van der Waals surface area contributed by atoms with Crippen molar-refractivity contribution in [3.8, 4) is 11.5 Å². The van der Waals surface area contributed by atoms with E-state index in [9.17, 15) is 14.2 Å². The SMILES string of the molecule is CC(=O)OCc1ccccc1OP(=O)(COCCOn1cnc2c(N)ncnc21)Oc1ccccc1COC(C)=O. The van der Waals surface area contributed by atoms with E-state index in [-0.39, 0.29) is 43.7 Å². The van der Waals surface area contributed by atoms with Crippen LogP contribution in [0.2, 0.25) is 0 Å². The van der Waals surface area contributed by atoms with E-state index in [1.807, 2.05) is 0 Å². The summed E-state index contributed by atoms with van der Waals surface area (Å²) in [7, 11) is -4.07. The molecule has 0 unspecified atom stereocenters. The zero-order chi connectivity index (χ0) is 29.2. The van der Waals surface area contributed by atoms with Gasteiger partial charge in [0, 0.05) is 25.0 Å². The minimum absolute atomic E-state index is 0.0128. The second kappa shape index (κ2) is 13.6. The molecule has 0 radical (unpaired) electrons. The lowest BCUT2D eigenvalue weighted by atomic mass is 10.2. The van der Waals surface area contributed by atoms with Gasteiger partial charge in [-0.05, 0) is 12.1 Å². The molecule has 15 heteroatoms. The van der Waals surface area contributed by atoms with Gasteiger partial charge in [-0.2, -0.15) is 4.73 Å². The Morgan fingerprint density at radius 2 is 1.44 bits per heavy atom. The molecule has 0 bridgehead atoms. The number of nitrogens with two attached hydrogens (primary N) is 1. The maximum atomic E-state index is 14.1. The maximum Gasteiger partial charge on any atom is 0.456 e. The van der Waals surface area contributed by atoms with Crippen LogP contribution in [0.15, 0.2) is 61.2 Å². The van der Waals surface area contributed by atoms with E-state index in [4.69, 9.17) is 33.8 Å². The van der Waals surface area contributed by atoms with Crippen LogP contribution in [0.5, 0.6) is 11.5 Å². The molecule has 0 atom stereocenters. The number of carbonyl (C=O) groups is 2. The summed E-state index contributed by atoms with van der Waals surface area (Å²) < 4.78 is 43.0. The Morgan fingerprint density at radius 3 is 2.02 bits per heavy atom. The van der Waals surface area contributed by atoms with Crippen LogP contribution < -0.4 is 19.6 Å². The first-order valence-electron chi connectivity index (χ1n) is 12.3. The average molecular weight is 586 g/mol. The smallest absolute Gasteiger partial charge is 0.456 e. The third kappa shape index (κ3) is 8.16. The van der Waals surface area contributed by atoms with Gasteiger partial charge in [0.05, 0.1) is 6.61 Å². The highest BCUT2D eigenvalue weighted by Crippen LogP contribution is 2.50. The number of hydrogen-bond donors (Lipinski definition) is 1.